The van der Waals surface area contributed by atoms with Gasteiger partial charge in [-0.25, -0.2) is 9.59 Å². The van der Waals surface area contributed by atoms with E-state index in [9.17, 15) is 10.1 Å². The lowest BCUT2D eigenvalue weighted by Crippen LogP contribution is -2.09. The van der Waals surface area contributed by atoms with E-state index >= 15 is 0 Å². The van der Waals surface area contributed by atoms with E-state index in [1.54, 1.807) is 6.07 Å². The number of nitrogens with one attached hydrogen (secondary N) is 1. The molecule has 2 aromatic carbocycles. The lowest BCUT2D eigenvalue weighted by molar-refractivity contribution is -0.384. The molecule has 0 fully saturated rings. The Morgan fingerprint density at radius 1 is 1.12 bits per heavy atom. The van der Waals surface area contributed by atoms with Crippen molar-refractivity contribution in [2.45, 2.75) is 6.54 Å². The standard InChI is InChI=1S/C14H14N2O3.C2H2O4/c1-19-14-8-7-12(16(17)18)9-13(14)15-10-11-5-3-2-4-6-11;3-1(4)2(5)6/h2-9,15H,10H2,1H3;(H,3,4)(H,5,6). The third kappa shape index (κ3) is 6.57. The number of rotatable bonds is 5. The minimum atomic E-state index is -1.82. The van der Waals surface area contributed by atoms with E-state index in [0.29, 0.717) is 18.0 Å². The van der Waals surface area contributed by atoms with Gasteiger partial charge in [0.25, 0.3) is 5.69 Å². The first-order valence-corrected chi connectivity index (χ1v) is 6.91. The summed E-state index contributed by atoms with van der Waals surface area (Å²) >= 11 is 0. The largest absolute Gasteiger partial charge is 0.495 e. The van der Waals surface area contributed by atoms with Gasteiger partial charge < -0.3 is 20.3 Å². The normalized spacial score (nSPS) is 9.32. The van der Waals surface area contributed by atoms with Crippen molar-refractivity contribution in [3.05, 3.63) is 64.2 Å². The molecule has 0 aliphatic rings. The number of carboxylic acids is 2. The van der Waals surface area contributed by atoms with Crippen molar-refractivity contribution in [2.24, 2.45) is 0 Å². The average molecular weight is 348 g/mol. The summed E-state index contributed by atoms with van der Waals surface area (Å²) in [6.07, 6.45) is 0. The Hall–Kier alpha value is -3.62. The topological polar surface area (TPSA) is 139 Å². The predicted octanol–water partition coefficient (Wildman–Crippen LogP) is 2.37. The molecule has 132 valence electrons. The zero-order valence-electron chi connectivity index (χ0n) is 13.2. The van der Waals surface area contributed by atoms with Gasteiger partial charge in [-0.2, -0.15) is 0 Å². The Balaban J connectivity index is 0.000000450. The Morgan fingerprint density at radius 2 is 1.72 bits per heavy atom. The fraction of sp³-hybridized carbons (Fsp3) is 0.125. The number of nitrogens with zero attached hydrogens (tertiary/aromatic N) is 1. The van der Waals surface area contributed by atoms with Crippen LogP contribution in [0.1, 0.15) is 5.56 Å². The van der Waals surface area contributed by atoms with Gasteiger partial charge in [0.1, 0.15) is 5.75 Å². The van der Waals surface area contributed by atoms with Crippen LogP contribution in [-0.2, 0) is 16.1 Å². The lowest BCUT2D eigenvalue weighted by atomic mass is 10.2. The average Bonchev–Trinajstić information content (AvgIpc) is 2.61. The summed E-state index contributed by atoms with van der Waals surface area (Å²) in [6, 6.07) is 14.3. The zero-order chi connectivity index (χ0) is 18.8. The van der Waals surface area contributed by atoms with E-state index in [-0.39, 0.29) is 5.69 Å². The number of nitro groups is 1. The van der Waals surface area contributed by atoms with E-state index in [2.05, 4.69) is 5.32 Å². The highest BCUT2D eigenvalue weighted by atomic mass is 16.6. The van der Waals surface area contributed by atoms with Crippen molar-refractivity contribution in [1.29, 1.82) is 0 Å². The van der Waals surface area contributed by atoms with Gasteiger partial charge >= 0.3 is 11.9 Å². The van der Waals surface area contributed by atoms with Crippen LogP contribution in [0.5, 0.6) is 5.75 Å². The number of carbonyl (C=O) groups is 2. The first kappa shape index (κ1) is 19.4. The molecule has 3 N–H and O–H groups in total. The molecule has 0 atom stereocenters. The van der Waals surface area contributed by atoms with Crippen molar-refractivity contribution < 1.29 is 29.5 Å². The van der Waals surface area contributed by atoms with Crippen LogP contribution in [-0.4, -0.2) is 34.2 Å². The summed E-state index contributed by atoms with van der Waals surface area (Å²) in [5, 5.41) is 28.7. The van der Waals surface area contributed by atoms with Crippen LogP contribution in [0.4, 0.5) is 11.4 Å². The molecular weight excluding hydrogens is 332 g/mol. The van der Waals surface area contributed by atoms with E-state index in [1.165, 1.54) is 19.2 Å². The molecule has 0 aliphatic heterocycles. The number of ether oxygens (including phenoxy) is 1. The van der Waals surface area contributed by atoms with Crippen LogP contribution >= 0.6 is 0 Å². The Kier molecular flexibility index (Phi) is 7.38. The van der Waals surface area contributed by atoms with Crippen LogP contribution in [0.3, 0.4) is 0 Å². The van der Waals surface area contributed by atoms with Crippen LogP contribution < -0.4 is 10.1 Å². The third-order valence-corrected chi connectivity index (χ3v) is 2.90. The molecule has 0 amide bonds. The minimum Gasteiger partial charge on any atom is -0.495 e. The van der Waals surface area contributed by atoms with Gasteiger partial charge in [-0.1, -0.05) is 30.3 Å². The van der Waals surface area contributed by atoms with Crippen molar-refractivity contribution in [3.63, 3.8) is 0 Å². The molecule has 0 aliphatic carbocycles. The van der Waals surface area contributed by atoms with Crippen LogP contribution in [0.15, 0.2) is 48.5 Å². The number of anilines is 1. The Labute approximate surface area is 142 Å². The summed E-state index contributed by atoms with van der Waals surface area (Å²) in [6.45, 7) is 0.582. The van der Waals surface area contributed by atoms with E-state index in [0.717, 1.165) is 5.56 Å². The minimum absolute atomic E-state index is 0.0383. The highest BCUT2D eigenvalue weighted by molar-refractivity contribution is 6.27. The molecule has 2 rings (SSSR count). The number of nitro benzene ring substituents is 1. The number of hydrogen-bond acceptors (Lipinski definition) is 6. The summed E-state index contributed by atoms with van der Waals surface area (Å²) in [5.74, 6) is -3.06. The van der Waals surface area contributed by atoms with Crippen LogP contribution in [0.2, 0.25) is 0 Å². The summed E-state index contributed by atoms with van der Waals surface area (Å²) < 4.78 is 5.18. The maximum Gasteiger partial charge on any atom is 0.414 e. The highest BCUT2D eigenvalue weighted by Crippen LogP contribution is 2.29. The first-order valence-electron chi connectivity index (χ1n) is 6.91. The molecule has 25 heavy (non-hydrogen) atoms. The number of benzene rings is 2. The SMILES string of the molecule is COc1ccc([N+](=O)[O-])cc1NCc1ccccc1.O=C(O)C(=O)O. The number of methoxy groups -OCH3 is 1. The third-order valence-electron chi connectivity index (χ3n) is 2.90. The molecule has 2 aromatic rings. The Morgan fingerprint density at radius 3 is 2.20 bits per heavy atom. The molecule has 0 saturated heterocycles. The summed E-state index contributed by atoms with van der Waals surface area (Å²) in [7, 11) is 1.54. The van der Waals surface area contributed by atoms with Crippen LogP contribution in [0, 0.1) is 10.1 Å². The van der Waals surface area contributed by atoms with Gasteiger partial charge in [0.2, 0.25) is 0 Å². The fourth-order valence-electron chi connectivity index (χ4n) is 1.74. The summed E-state index contributed by atoms with van der Waals surface area (Å²) in [5.41, 5.74) is 1.74. The van der Waals surface area contributed by atoms with Gasteiger partial charge in [0.05, 0.1) is 17.7 Å². The van der Waals surface area contributed by atoms with Gasteiger partial charge in [0, 0.05) is 18.7 Å². The number of carboxylic acid groups (broad SMARTS) is 2. The number of aliphatic carboxylic acids is 2. The van der Waals surface area contributed by atoms with Gasteiger partial charge in [0.15, 0.2) is 0 Å². The molecular formula is C16H16N2O7. The smallest absolute Gasteiger partial charge is 0.414 e. The van der Waals surface area contributed by atoms with Crippen LogP contribution in [0.25, 0.3) is 0 Å². The molecule has 0 spiro atoms. The summed E-state index contributed by atoms with van der Waals surface area (Å²) in [4.78, 5) is 28.5. The molecule has 0 bridgehead atoms. The highest BCUT2D eigenvalue weighted by Gasteiger charge is 2.10. The monoisotopic (exact) mass is 348 g/mol. The second-order valence-corrected chi connectivity index (χ2v) is 4.59. The predicted molar refractivity (Wildman–Crippen MR) is 88.7 cm³/mol. The van der Waals surface area contributed by atoms with Gasteiger partial charge in [-0.05, 0) is 11.6 Å². The molecule has 0 heterocycles. The van der Waals surface area contributed by atoms with Crippen molar-refractivity contribution in [3.8, 4) is 5.75 Å². The van der Waals surface area contributed by atoms with E-state index in [1.807, 2.05) is 30.3 Å². The van der Waals surface area contributed by atoms with Gasteiger partial charge in [-0.3, -0.25) is 10.1 Å². The maximum atomic E-state index is 10.8. The van der Waals surface area contributed by atoms with E-state index in [4.69, 9.17) is 24.5 Å². The molecule has 0 unspecified atom stereocenters. The quantitative estimate of drug-likeness (QED) is 0.425. The van der Waals surface area contributed by atoms with E-state index < -0.39 is 16.9 Å². The zero-order valence-corrected chi connectivity index (χ0v) is 13.2. The number of hydrogen-bond donors (Lipinski definition) is 3. The fourth-order valence-corrected chi connectivity index (χ4v) is 1.74. The molecule has 0 saturated carbocycles. The Bertz CT molecular complexity index is 735. The van der Waals surface area contributed by atoms with Crippen molar-refractivity contribution >= 4 is 23.3 Å². The molecule has 0 radical (unpaired) electrons. The number of non-ortho nitro benzene ring substituents is 1. The molecule has 9 nitrogen and oxygen atoms in total. The van der Waals surface area contributed by atoms with Gasteiger partial charge in [-0.15, -0.1) is 0 Å². The lowest BCUT2D eigenvalue weighted by Gasteiger charge is -2.10. The second kappa shape index (κ2) is 9.50. The second-order valence-electron chi connectivity index (χ2n) is 4.59. The molecule has 0 aromatic heterocycles. The van der Waals surface area contributed by atoms with Crippen molar-refractivity contribution in [2.75, 3.05) is 12.4 Å². The first-order chi connectivity index (χ1) is 11.8. The maximum absolute atomic E-state index is 10.8. The molecule has 9 heteroatoms. The van der Waals surface area contributed by atoms with Crippen molar-refractivity contribution in [1.82, 2.24) is 0 Å².